The van der Waals surface area contributed by atoms with Crippen molar-refractivity contribution in [2.45, 2.75) is 0 Å². The molecule has 0 unspecified atom stereocenters. The number of hydrogen-bond acceptors (Lipinski definition) is 0. The minimum absolute atomic E-state index is 1.22. The van der Waals surface area contributed by atoms with E-state index < -0.39 is 0 Å². The molecule has 0 heteroatoms. The van der Waals surface area contributed by atoms with Crippen LogP contribution < -0.4 is 0 Å². The van der Waals surface area contributed by atoms with Crippen LogP contribution in [0.1, 0.15) is 0 Å². The molecule has 0 aliphatic carbocycles. The Morgan fingerprint density at radius 1 is 0.196 bits per heavy atom. The van der Waals surface area contributed by atoms with Gasteiger partial charge in [-0.2, -0.15) is 0 Å². The van der Waals surface area contributed by atoms with Crippen LogP contribution in [0, 0.1) is 0 Å². The number of hydrogen-bond donors (Lipinski definition) is 0. The van der Waals surface area contributed by atoms with Gasteiger partial charge in [0.15, 0.2) is 0 Å². The number of benzene rings is 9. The molecule has 0 heterocycles. The molecule has 0 aliphatic rings. The predicted molar refractivity (Wildman–Crippen MR) is 198 cm³/mol. The van der Waals surface area contributed by atoms with Gasteiger partial charge < -0.3 is 0 Å². The SMILES string of the molecule is c1ccc(-c2ccc3c(-c4ccc5ccccc5c4)c4ccccc4c(-c4cccc(-c5ccc6ccccc6c5)c4)c3c2)cc1. The van der Waals surface area contributed by atoms with Gasteiger partial charge in [-0.15, -0.1) is 0 Å². The van der Waals surface area contributed by atoms with E-state index in [9.17, 15) is 0 Å². The molecular formula is C46H30. The van der Waals surface area contributed by atoms with E-state index in [-0.39, 0.29) is 0 Å². The van der Waals surface area contributed by atoms with E-state index in [1.165, 1.54) is 87.6 Å². The summed E-state index contributed by atoms with van der Waals surface area (Å²) in [6.45, 7) is 0. The Morgan fingerprint density at radius 2 is 0.630 bits per heavy atom. The Morgan fingerprint density at radius 3 is 1.35 bits per heavy atom. The van der Waals surface area contributed by atoms with Crippen LogP contribution in [-0.2, 0) is 0 Å². The highest BCUT2D eigenvalue weighted by Crippen LogP contribution is 2.45. The van der Waals surface area contributed by atoms with Gasteiger partial charge in [0, 0.05) is 0 Å². The van der Waals surface area contributed by atoms with E-state index in [1.807, 2.05) is 0 Å². The zero-order valence-corrected chi connectivity index (χ0v) is 25.3. The monoisotopic (exact) mass is 582 g/mol. The van der Waals surface area contributed by atoms with Gasteiger partial charge >= 0.3 is 0 Å². The van der Waals surface area contributed by atoms with E-state index in [1.54, 1.807) is 0 Å². The van der Waals surface area contributed by atoms with E-state index in [0.29, 0.717) is 0 Å². The Labute approximate surface area is 268 Å². The van der Waals surface area contributed by atoms with E-state index >= 15 is 0 Å². The lowest BCUT2D eigenvalue weighted by Gasteiger charge is -2.19. The highest BCUT2D eigenvalue weighted by molar-refractivity contribution is 6.22. The van der Waals surface area contributed by atoms with E-state index in [2.05, 4.69) is 182 Å². The molecule has 0 amide bonds. The summed E-state index contributed by atoms with van der Waals surface area (Å²) in [5.41, 5.74) is 9.91. The van der Waals surface area contributed by atoms with Crippen LogP contribution in [0.2, 0.25) is 0 Å². The minimum Gasteiger partial charge on any atom is -0.0622 e. The smallest absolute Gasteiger partial charge is 0.00259 e. The molecule has 0 bridgehead atoms. The van der Waals surface area contributed by atoms with E-state index in [4.69, 9.17) is 0 Å². The van der Waals surface area contributed by atoms with Crippen molar-refractivity contribution in [1.82, 2.24) is 0 Å². The third-order valence-corrected chi connectivity index (χ3v) is 9.40. The fourth-order valence-electron chi connectivity index (χ4n) is 7.18. The van der Waals surface area contributed by atoms with Crippen LogP contribution in [0.4, 0.5) is 0 Å². The van der Waals surface area contributed by atoms with Crippen LogP contribution >= 0.6 is 0 Å². The van der Waals surface area contributed by atoms with Gasteiger partial charge in [-0.3, -0.25) is 0 Å². The van der Waals surface area contributed by atoms with E-state index in [0.717, 1.165) is 0 Å². The van der Waals surface area contributed by atoms with Crippen molar-refractivity contribution in [2.24, 2.45) is 0 Å². The lowest BCUT2D eigenvalue weighted by atomic mass is 9.84. The molecule has 0 spiro atoms. The summed E-state index contributed by atoms with van der Waals surface area (Å²) < 4.78 is 0. The highest BCUT2D eigenvalue weighted by atomic mass is 14.2. The molecule has 0 radical (unpaired) electrons. The fraction of sp³-hybridized carbons (Fsp3) is 0. The van der Waals surface area contributed by atoms with Gasteiger partial charge in [0.05, 0.1) is 0 Å². The Kier molecular flexibility index (Phi) is 6.25. The molecule has 46 heavy (non-hydrogen) atoms. The maximum atomic E-state index is 2.40. The standard InChI is InChI=1S/C46H30/c1-2-11-31(12-3-1)38-25-26-43-44(30-38)46(39-18-10-17-36(29-39)37-23-21-32-13-4-6-15-34(32)27-37)42-20-9-8-19-41(42)45(43)40-24-22-33-14-5-7-16-35(33)28-40/h1-30H. The molecule has 0 aromatic heterocycles. The quantitative estimate of drug-likeness (QED) is 0.181. The molecule has 0 fully saturated rings. The Bertz CT molecular complexity index is 2570. The largest absolute Gasteiger partial charge is 0.0622 e. The summed E-state index contributed by atoms with van der Waals surface area (Å²) >= 11 is 0. The average Bonchev–Trinajstić information content (AvgIpc) is 3.13. The van der Waals surface area contributed by atoms with Crippen molar-refractivity contribution in [1.29, 1.82) is 0 Å². The van der Waals surface area contributed by atoms with Crippen molar-refractivity contribution in [3.05, 3.63) is 182 Å². The predicted octanol–water partition coefficient (Wildman–Crippen LogP) is 13.0. The number of rotatable bonds is 4. The summed E-state index contributed by atoms with van der Waals surface area (Å²) in [5, 5.41) is 10.1. The first-order valence-electron chi connectivity index (χ1n) is 15.9. The second-order valence-electron chi connectivity index (χ2n) is 12.1. The third-order valence-electron chi connectivity index (χ3n) is 9.40. The van der Waals surface area contributed by atoms with Crippen LogP contribution in [0.3, 0.4) is 0 Å². The second kappa shape index (κ2) is 10.9. The fourth-order valence-corrected chi connectivity index (χ4v) is 7.18. The molecule has 0 saturated carbocycles. The zero-order chi connectivity index (χ0) is 30.5. The molecular weight excluding hydrogens is 553 g/mol. The second-order valence-corrected chi connectivity index (χ2v) is 12.1. The van der Waals surface area contributed by atoms with Gasteiger partial charge in [-0.25, -0.2) is 0 Å². The van der Waals surface area contributed by atoms with Gasteiger partial charge in [-0.1, -0.05) is 158 Å². The minimum atomic E-state index is 1.22. The summed E-state index contributed by atoms with van der Waals surface area (Å²) in [7, 11) is 0. The molecule has 0 aliphatic heterocycles. The first-order chi connectivity index (χ1) is 22.8. The Hall–Kier alpha value is -5.98. The summed E-state index contributed by atoms with van der Waals surface area (Å²) in [4.78, 5) is 0. The Balaban J connectivity index is 1.34. The number of fused-ring (bicyclic) bond motifs is 4. The van der Waals surface area contributed by atoms with Crippen LogP contribution in [-0.4, -0.2) is 0 Å². The van der Waals surface area contributed by atoms with Gasteiger partial charge in [0.25, 0.3) is 0 Å². The van der Waals surface area contributed by atoms with Crippen molar-refractivity contribution < 1.29 is 0 Å². The normalized spacial score (nSPS) is 11.5. The van der Waals surface area contributed by atoms with Crippen LogP contribution in [0.5, 0.6) is 0 Å². The average molecular weight is 583 g/mol. The molecule has 0 N–H and O–H groups in total. The van der Waals surface area contributed by atoms with Crippen LogP contribution in [0.15, 0.2) is 182 Å². The van der Waals surface area contributed by atoms with Gasteiger partial charge in [-0.05, 0) is 112 Å². The van der Waals surface area contributed by atoms with Crippen molar-refractivity contribution >= 4 is 43.1 Å². The topological polar surface area (TPSA) is 0 Å². The zero-order valence-electron chi connectivity index (χ0n) is 25.3. The van der Waals surface area contributed by atoms with Gasteiger partial charge in [0.2, 0.25) is 0 Å². The highest BCUT2D eigenvalue weighted by Gasteiger charge is 2.18. The molecule has 9 aromatic rings. The maximum Gasteiger partial charge on any atom is -0.00259 e. The molecule has 9 aromatic carbocycles. The van der Waals surface area contributed by atoms with Crippen molar-refractivity contribution in [2.75, 3.05) is 0 Å². The molecule has 9 rings (SSSR count). The van der Waals surface area contributed by atoms with Crippen molar-refractivity contribution in [3.63, 3.8) is 0 Å². The lowest BCUT2D eigenvalue weighted by molar-refractivity contribution is 1.62. The van der Waals surface area contributed by atoms with Crippen LogP contribution in [0.25, 0.3) is 87.6 Å². The van der Waals surface area contributed by atoms with Crippen molar-refractivity contribution in [3.8, 4) is 44.5 Å². The first kappa shape index (κ1) is 26.4. The molecule has 0 saturated heterocycles. The van der Waals surface area contributed by atoms with Gasteiger partial charge in [0.1, 0.15) is 0 Å². The maximum absolute atomic E-state index is 2.40. The molecule has 0 nitrogen and oxygen atoms in total. The third kappa shape index (κ3) is 4.47. The summed E-state index contributed by atoms with van der Waals surface area (Å²) in [5.74, 6) is 0. The first-order valence-corrected chi connectivity index (χ1v) is 15.9. The summed E-state index contributed by atoms with van der Waals surface area (Å²) in [6.07, 6.45) is 0. The molecule has 214 valence electrons. The molecule has 0 atom stereocenters. The summed E-state index contributed by atoms with van der Waals surface area (Å²) in [6, 6.07) is 66.7. The lowest BCUT2D eigenvalue weighted by Crippen LogP contribution is -1.92.